The van der Waals surface area contributed by atoms with Crippen molar-refractivity contribution in [1.82, 2.24) is 10.7 Å². The van der Waals surface area contributed by atoms with E-state index in [1.807, 2.05) is 6.92 Å². The van der Waals surface area contributed by atoms with Gasteiger partial charge in [0.2, 0.25) is 5.96 Å². The molecule has 1 aliphatic carbocycles. The number of nitrogens with two attached hydrogens (primary N) is 1. The van der Waals surface area contributed by atoms with E-state index in [9.17, 15) is 0 Å². The largest absolute Gasteiger partial charge is 0.383 e. The number of nitrogens with zero attached hydrogens (tertiary/aromatic N) is 1. The lowest BCUT2D eigenvalue weighted by Crippen LogP contribution is -2.47. The number of rotatable bonds is 5. The summed E-state index contributed by atoms with van der Waals surface area (Å²) >= 11 is 0. The standard InChI is InChI=1S/C11H24N4O2/c1-8(7-16-2)13-11(15-12)14-9-5-4-6-10(9)17-3/h8-10H,4-7,12H2,1-3H3,(H2,13,14,15). The van der Waals surface area contributed by atoms with Crippen LogP contribution in [-0.2, 0) is 9.47 Å². The van der Waals surface area contributed by atoms with Crippen molar-refractivity contribution in [2.24, 2.45) is 10.8 Å². The van der Waals surface area contributed by atoms with Crippen LogP contribution in [0.4, 0.5) is 0 Å². The van der Waals surface area contributed by atoms with Crippen LogP contribution in [0.3, 0.4) is 0 Å². The highest BCUT2D eigenvalue weighted by Crippen LogP contribution is 2.24. The van der Waals surface area contributed by atoms with Gasteiger partial charge < -0.3 is 14.8 Å². The van der Waals surface area contributed by atoms with Crippen LogP contribution in [0.15, 0.2) is 4.99 Å². The second kappa shape index (κ2) is 7.47. The van der Waals surface area contributed by atoms with E-state index in [0.29, 0.717) is 12.6 Å². The van der Waals surface area contributed by atoms with Crippen LogP contribution in [0.25, 0.3) is 0 Å². The Bertz CT molecular complexity index is 248. The Morgan fingerprint density at radius 1 is 1.47 bits per heavy atom. The van der Waals surface area contributed by atoms with Gasteiger partial charge in [-0.2, -0.15) is 0 Å². The summed E-state index contributed by atoms with van der Waals surface area (Å²) in [5.74, 6) is 6.06. The number of aliphatic imine (C=N–C) groups is 1. The van der Waals surface area contributed by atoms with Crippen LogP contribution < -0.4 is 16.6 Å². The third-order valence-electron chi connectivity index (χ3n) is 2.95. The van der Waals surface area contributed by atoms with Gasteiger partial charge in [0.05, 0.1) is 18.8 Å². The van der Waals surface area contributed by atoms with Crippen molar-refractivity contribution < 1.29 is 9.47 Å². The molecular weight excluding hydrogens is 220 g/mol. The van der Waals surface area contributed by atoms with E-state index in [0.717, 1.165) is 19.3 Å². The predicted octanol–water partition coefficient (Wildman–Crippen LogP) is -0.00230. The molecule has 6 nitrogen and oxygen atoms in total. The number of ether oxygens (including phenoxy) is 2. The van der Waals surface area contributed by atoms with Gasteiger partial charge in [-0.15, -0.1) is 0 Å². The second-order valence-corrected chi connectivity index (χ2v) is 4.40. The van der Waals surface area contributed by atoms with Gasteiger partial charge in [0.15, 0.2) is 0 Å². The van der Waals surface area contributed by atoms with Crippen molar-refractivity contribution in [3.8, 4) is 0 Å². The van der Waals surface area contributed by atoms with Crippen LogP contribution in [0.5, 0.6) is 0 Å². The first kappa shape index (κ1) is 14.2. The van der Waals surface area contributed by atoms with Crippen LogP contribution in [0.2, 0.25) is 0 Å². The first-order chi connectivity index (χ1) is 8.21. The zero-order valence-corrected chi connectivity index (χ0v) is 10.9. The van der Waals surface area contributed by atoms with Crippen LogP contribution in [-0.4, -0.2) is 45.0 Å². The second-order valence-electron chi connectivity index (χ2n) is 4.40. The summed E-state index contributed by atoms with van der Waals surface area (Å²) in [5, 5.41) is 3.17. The zero-order valence-electron chi connectivity index (χ0n) is 10.9. The van der Waals surface area contributed by atoms with Crippen molar-refractivity contribution in [2.45, 2.75) is 44.4 Å². The fourth-order valence-corrected chi connectivity index (χ4v) is 2.14. The summed E-state index contributed by atoms with van der Waals surface area (Å²) < 4.78 is 10.4. The first-order valence-electron chi connectivity index (χ1n) is 6.04. The predicted molar refractivity (Wildman–Crippen MR) is 67.7 cm³/mol. The van der Waals surface area contributed by atoms with E-state index >= 15 is 0 Å². The molecule has 0 spiro atoms. The SMILES string of the molecule is COCC(C)NC(=NC1CCCC1OC)NN. The summed E-state index contributed by atoms with van der Waals surface area (Å²) in [7, 11) is 3.40. The molecule has 1 saturated carbocycles. The van der Waals surface area contributed by atoms with E-state index < -0.39 is 0 Å². The van der Waals surface area contributed by atoms with E-state index in [1.165, 1.54) is 0 Å². The summed E-state index contributed by atoms with van der Waals surface area (Å²) in [4.78, 5) is 4.56. The first-order valence-corrected chi connectivity index (χ1v) is 6.04. The molecule has 0 amide bonds. The number of nitrogens with one attached hydrogen (secondary N) is 2. The van der Waals surface area contributed by atoms with Crippen LogP contribution in [0, 0.1) is 0 Å². The van der Waals surface area contributed by atoms with Gasteiger partial charge in [-0.05, 0) is 26.2 Å². The smallest absolute Gasteiger partial charge is 0.206 e. The van der Waals surface area contributed by atoms with Gasteiger partial charge in [-0.1, -0.05) is 0 Å². The van der Waals surface area contributed by atoms with Gasteiger partial charge >= 0.3 is 0 Å². The fourth-order valence-electron chi connectivity index (χ4n) is 2.14. The van der Waals surface area contributed by atoms with Crippen LogP contribution >= 0.6 is 0 Å². The molecule has 17 heavy (non-hydrogen) atoms. The van der Waals surface area contributed by atoms with Gasteiger partial charge in [0, 0.05) is 20.3 Å². The molecule has 100 valence electrons. The third-order valence-corrected chi connectivity index (χ3v) is 2.95. The molecule has 4 N–H and O–H groups in total. The molecule has 1 aliphatic rings. The lowest BCUT2D eigenvalue weighted by Gasteiger charge is -2.19. The summed E-state index contributed by atoms with van der Waals surface area (Å²) in [6.07, 6.45) is 3.47. The maximum atomic E-state index is 5.46. The average molecular weight is 244 g/mol. The Labute approximate surface area is 103 Å². The minimum atomic E-state index is 0.164. The highest BCUT2D eigenvalue weighted by Gasteiger charge is 2.27. The van der Waals surface area contributed by atoms with E-state index in [2.05, 4.69) is 15.7 Å². The molecule has 3 atom stereocenters. The van der Waals surface area contributed by atoms with Crippen molar-refractivity contribution in [3.05, 3.63) is 0 Å². The molecule has 3 unspecified atom stereocenters. The molecule has 0 aromatic heterocycles. The number of hydrogen-bond donors (Lipinski definition) is 3. The van der Waals surface area contributed by atoms with Crippen molar-refractivity contribution in [1.29, 1.82) is 0 Å². The van der Waals surface area contributed by atoms with Gasteiger partial charge in [-0.3, -0.25) is 5.43 Å². The summed E-state index contributed by atoms with van der Waals surface area (Å²) in [6.45, 7) is 2.62. The lowest BCUT2D eigenvalue weighted by atomic mass is 10.2. The topological polar surface area (TPSA) is 80.9 Å². The maximum absolute atomic E-state index is 5.46. The van der Waals surface area contributed by atoms with E-state index in [-0.39, 0.29) is 18.2 Å². The molecule has 0 bridgehead atoms. The van der Waals surface area contributed by atoms with Gasteiger partial charge in [0.25, 0.3) is 0 Å². The summed E-state index contributed by atoms with van der Waals surface area (Å²) in [6, 6.07) is 0.352. The number of guanidine groups is 1. The maximum Gasteiger partial charge on any atom is 0.206 e. The molecule has 0 aromatic carbocycles. The quantitative estimate of drug-likeness (QED) is 0.274. The van der Waals surface area contributed by atoms with Crippen LogP contribution in [0.1, 0.15) is 26.2 Å². The molecule has 1 fully saturated rings. The number of methoxy groups -OCH3 is 2. The Morgan fingerprint density at radius 2 is 2.24 bits per heavy atom. The van der Waals surface area contributed by atoms with E-state index in [4.69, 9.17) is 15.3 Å². The number of hydrogen-bond acceptors (Lipinski definition) is 4. The Morgan fingerprint density at radius 3 is 2.82 bits per heavy atom. The molecule has 0 aliphatic heterocycles. The molecule has 6 heteroatoms. The zero-order chi connectivity index (χ0) is 12.7. The minimum Gasteiger partial charge on any atom is -0.383 e. The van der Waals surface area contributed by atoms with Crippen molar-refractivity contribution >= 4 is 5.96 Å². The molecular formula is C11H24N4O2. The molecule has 0 saturated heterocycles. The highest BCUT2D eigenvalue weighted by molar-refractivity contribution is 5.79. The van der Waals surface area contributed by atoms with Gasteiger partial charge in [0.1, 0.15) is 0 Å². The molecule has 1 rings (SSSR count). The number of hydrazine groups is 1. The normalized spacial score (nSPS) is 26.9. The highest BCUT2D eigenvalue weighted by atomic mass is 16.5. The minimum absolute atomic E-state index is 0.164. The molecule has 0 heterocycles. The third kappa shape index (κ3) is 4.49. The lowest BCUT2D eigenvalue weighted by molar-refractivity contribution is 0.0963. The summed E-state index contributed by atoms with van der Waals surface area (Å²) in [5.41, 5.74) is 2.59. The van der Waals surface area contributed by atoms with E-state index in [1.54, 1.807) is 14.2 Å². The Hall–Kier alpha value is -0.850. The Balaban J connectivity index is 2.53. The van der Waals surface area contributed by atoms with Crippen molar-refractivity contribution in [2.75, 3.05) is 20.8 Å². The monoisotopic (exact) mass is 244 g/mol. The molecule has 0 aromatic rings. The fraction of sp³-hybridized carbons (Fsp3) is 0.909. The average Bonchev–Trinajstić information content (AvgIpc) is 2.75. The Kier molecular flexibility index (Phi) is 6.25. The van der Waals surface area contributed by atoms with Gasteiger partial charge in [-0.25, -0.2) is 10.8 Å². The van der Waals surface area contributed by atoms with Crippen molar-refractivity contribution in [3.63, 3.8) is 0 Å². The molecule has 0 radical (unpaired) electrons.